The molecule has 1 aliphatic heterocycles. The quantitative estimate of drug-likeness (QED) is 0.149. The average Bonchev–Trinajstić information content (AvgIpc) is 2.76. The maximum absolute atomic E-state index is 11.7. The van der Waals surface area contributed by atoms with E-state index >= 15 is 0 Å². The second-order valence-corrected chi connectivity index (χ2v) is 21.5. The molecule has 15 aromatic rings. The van der Waals surface area contributed by atoms with Gasteiger partial charge in [0.2, 0.25) is 0 Å². The number of rotatable bonds is 7. The van der Waals surface area contributed by atoms with E-state index in [0.29, 0.717) is 11.4 Å². The van der Waals surface area contributed by atoms with Gasteiger partial charge in [-0.05, 0) is 95.4 Å². The molecule has 0 saturated carbocycles. The second-order valence-electron chi connectivity index (χ2n) is 21.5. The van der Waals surface area contributed by atoms with E-state index in [0.717, 1.165) is 116 Å². The molecule has 0 N–H and O–H groups in total. The molecule has 0 radical (unpaired) electrons. The molecule has 0 spiro atoms. The molecule has 0 amide bonds. The molecule has 1 aliphatic carbocycles. The van der Waals surface area contributed by atoms with Crippen LogP contribution in [0.4, 0.5) is 17.1 Å². The summed E-state index contributed by atoms with van der Waals surface area (Å²) in [6.45, 7) is 2.14. The smallest absolute Gasteiger partial charge is 0.136 e. The average molecular weight is 1240 g/mol. The Morgan fingerprint density at radius 3 is 1.46 bits per heavy atom. The van der Waals surface area contributed by atoms with Crippen molar-refractivity contribution in [2.24, 2.45) is 0 Å². The van der Waals surface area contributed by atoms with Crippen LogP contribution in [-0.2, 0) is 26.5 Å². The number of pyridine rings is 1. The number of para-hydroxylation sites is 7. The van der Waals surface area contributed by atoms with E-state index in [1.807, 2.05) is 12.3 Å². The van der Waals surface area contributed by atoms with Crippen molar-refractivity contribution in [2.45, 2.75) is 5.41 Å². The third kappa shape index (κ3) is 6.85. The van der Waals surface area contributed by atoms with Crippen LogP contribution in [0, 0.1) is 30.1 Å². The minimum absolute atomic E-state index is 0. The summed E-state index contributed by atoms with van der Waals surface area (Å²) < 4.78 is 6.93. The monoisotopic (exact) mass is 1240 g/mol. The summed E-state index contributed by atoms with van der Waals surface area (Å²) >= 11 is 0. The first-order chi connectivity index (χ1) is 40.6. The van der Waals surface area contributed by atoms with Crippen molar-refractivity contribution in [3.8, 4) is 45.5 Å². The van der Waals surface area contributed by atoms with Crippen molar-refractivity contribution in [3.63, 3.8) is 0 Å². The van der Waals surface area contributed by atoms with Crippen LogP contribution in [-0.4, -0.2) is 25.7 Å². The minimum atomic E-state index is -0.821. The second kappa shape index (κ2) is 18.7. The first kappa shape index (κ1) is 48.6. The predicted molar refractivity (Wildman–Crippen MR) is 334 cm³/mol. The van der Waals surface area contributed by atoms with Gasteiger partial charge in [-0.2, -0.15) is 54.4 Å². The third-order valence-electron chi connectivity index (χ3n) is 17.4. The first-order valence-electron chi connectivity index (χ1n) is 27.7. The molecule has 0 fully saturated rings. The van der Waals surface area contributed by atoms with E-state index < -0.39 is 5.41 Å². The molecule has 7 nitrogen and oxygen atoms in total. The Morgan fingerprint density at radius 2 is 0.892 bits per heavy atom. The van der Waals surface area contributed by atoms with Crippen LogP contribution in [0.1, 0.15) is 27.8 Å². The molecule has 83 heavy (non-hydrogen) atoms. The van der Waals surface area contributed by atoms with E-state index in [2.05, 4.69) is 298 Å². The van der Waals surface area contributed by atoms with Crippen LogP contribution in [0.3, 0.4) is 0 Å². The summed E-state index contributed by atoms with van der Waals surface area (Å²) in [7, 11) is 2.09. The zero-order valence-corrected chi connectivity index (χ0v) is 47.0. The maximum Gasteiger partial charge on any atom is 0.136 e. The normalized spacial score (nSPS) is 13.3. The van der Waals surface area contributed by atoms with Crippen LogP contribution >= 0.6 is 0 Å². The fourth-order valence-corrected chi connectivity index (χ4v) is 14.0. The molecule has 0 atom stereocenters. The topological polar surface area (TPSA) is 58.0 Å². The number of hydrogen-bond donors (Lipinski definition) is 0. The van der Waals surface area contributed by atoms with Gasteiger partial charge in [-0.3, -0.25) is 0 Å². The maximum atomic E-state index is 11.7. The summed E-state index contributed by atoms with van der Waals surface area (Å²) in [5.41, 5.74) is 19.2. The summed E-state index contributed by atoms with van der Waals surface area (Å²) in [4.78, 5) is 9.91. The van der Waals surface area contributed by atoms with Crippen molar-refractivity contribution in [3.05, 3.63) is 302 Å². The number of nitrogens with zero attached hydrogens (tertiary/aromatic N) is 7. The van der Waals surface area contributed by atoms with Gasteiger partial charge < -0.3 is 23.5 Å². The molecular formula is C75H46N7Pt-3. The van der Waals surface area contributed by atoms with E-state index in [9.17, 15) is 5.26 Å². The predicted octanol–water partition coefficient (Wildman–Crippen LogP) is 17.6. The third-order valence-corrected chi connectivity index (χ3v) is 17.4. The number of aromatic nitrogens is 4. The molecule has 2 aliphatic rings. The minimum Gasteiger partial charge on any atom is -0.504 e. The Labute approximate surface area is 493 Å². The Hall–Kier alpha value is -10.3. The van der Waals surface area contributed by atoms with Crippen LogP contribution in [0.2, 0.25) is 0 Å². The molecular weight excluding hydrogens is 1190 g/mol. The van der Waals surface area contributed by atoms with Gasteiger partial charge in [0, 0.05) is 82.2 Å². The Balaban J connectivity index is 0.00000565. The van der Waals surface area contributed by atoms with Gasteiger partial charge in [0.1, 0.15) is 5.82 Å². The van der Waals surface area contributed by atoms with E-state index in [-0.39, 0.29) is 21.1 Å². The Morgan fingerprint density at radius 1 is 0.434 bits per heavy atom. The van der Waals surface area contributed by atoms with Crippen LogP contribution in [0.15, 0.2) is 255 Å². The van der Waals surface area contributed by atoms with E-state index in [1.165, 1.54) is 22.3 Å². The fraction of sp³-hybridized carbons (Fsp3) is 0.0267. The molecule has 8 heteroatoms. The molecule has 0 unspecified atom stereocenters. The first-order valence-corrected chi connectivity index (χ1v) is 27.7. The van der Waals surface area contributed by atoms with Crippen LogP contribution in [0.5, 0.6) is 0 Å². The number of anilines is 3. The molecule has 0 bridgehead atoms. The zero-order chi connectivity index (χ0) is 54.2. The number of nitriles is 1. The van der Waals surface area contributed by atoms with Crippen molar-refractivity contribution >= 4 is 82.5 Å². The van der Waals surface area contributed by atoms with Gasteiger partial charge in [-0.1, -0.05) is 163 Å². The molecule has 4 aromatic heterocycles. The van der Waals surface area contributed by atoms with Gasteiger partial charge >= 0.3 is 0 Å². The number of hydrogen-bond acceptors (Lipinski definition) is 4. The van der Waals surface area contributed by atoms with Crippen LogP contribution < -0.4 is 9.80 Å². The standard InChI is InChI=1S/C75H46N7.Pt/c1-78-47-79(69-37-17-16-36-68(69)78)51-21-18-20-49(43-51)75(61-29-9-2-22-52(61)53-23-3-10-30-62(53)75)50-40-41-59-58-28-8-15-35-67(58)82(72(59)44-50)73-42-48(45-76)60(46-77-73)74-70(80-63-31-11-4-24-54(63)55-25-5-12-32-64(55)80)38-19-39-71(74)81-65-33-13-6-26-56(65)57-27-7-14-34-66(57)81;/h2-42,46-47H,1H3;/q-3;. The Bertz CT molecular complexity index is 4940. The van der Waals surface area contributed by atoms with Gasteiger partial charge in [0.15, 0.2) is 0 Å². The SMILES string of the molecule is CN1[CH-]N(c2[c-]c(C3(c4[c-]c5c(cc4)c4ccccc4n5-c4cc(C#N)c(-c5c(-n6c7ccccc7c7ccccc76)cccc5-n5c6ccccc6c6ccccc65)cn4)c4ccccc4-c4ccccc43)ccc2)c2ccccc21.[Pt]. The van der Waals surface area contributed by atoms with Crippen molar-refractivity contribution in [1.82, 2.24) is 18.7 Å². The van der Waals surface area contributed by atoms with Gasteiger partial charge in [-0.25, -0.2) is 4.98 Å². The number of benzene rings is 11. The summed E-state index contributed by atoms with van der Waals surface area (Å²) in [6, 6.07) is 99.5. The summed E-state index contributed by atoms with van der Waals surface area (Å²) in [6.07, 6.45) is 1.93. The van der Waals surface area contributed by atoms with Crippen molar-refractivity contribution in [2.75, 3.05) is 16.8 Å². The van der Waals surface area contributed by atoms with Crippen LogP contribution in [0.25, 0.3) is 105 Å². The van der Waals surface area contributed by atoms with Gasteiger partial charge in [0.05, 0.1) is 45.1 Å². The van der Waals surface area contributed by atoms with Gasteiger partial charge in [-0.15, -0.1) is 22.2 Å². The molecule has 394 valence electrons. The van der Waals surface area contributed by atoms with Crippen molar-refractivity contribution in [1.29, 1.82) is 5.26 Å². The molecule has 0 saturated heterocycles. The Kier molecular flexibility index (Phi) is 10.9. The van der Waals surface area contributed by atoms with E-state index in [1.54, 1.807) is 0 Å². The molecule has 5 heterocycles. The largest absolute Gasteiger partial charge is 0.504 e. The molecule has 17 rings (SSSR count). The fourth-order valence-electron chi connectivity index (χ4n) is 14.0. The summed E-state index contributed by atoms with van der Waals surface area (Å²) in [5.74, 6) is 0.620. The zero-order valence-electron chi connectivity index (χ0n) is 44.8. The molecule has 11 aromatic carbocycles. The van der Waals surface area contributed by atoms with E-state index in [4.69, 9.17) is 4.98 Å². The van der Waals surface area contributed by atoms with Gasteiger partial charge in [0.25, 0.3) is 0 Å². The number of fused-ring (bicyclic) bond motifs is 13. The summed E-state index contributed by atoms with van der Waals surface area (Å²) in [5, 5.41) is 18.5. The van der Waals surface area contributed by atoms with Crippen molar-refractivity contribution < 1.29 is 21.1 Å².